The van der Waals surface area contributed by atoms with E-state index in [9.17, 15) is 4.79 Å². The van der Waals surface area contributed by atoms with Crippen LogP contribution in [0.2, 0.25) is 0 Å². The number of aromatic nitrogens is 2. The molecule has 1 amide bonds. The quantitative estimate of drug-likeness (QED) is 0.815. The van der Waals surface area contributed by atoms with Crippen LogP contribution in [-0.4, -0.2) is 40.3 Å². The van der Waals surface area contributed by atoms with Crippen molar-refractivity contribution in [3.05, 3.63) is 53.3 Å². The van der Waals surface area contributed by atoms with Crippen LogP contribution in [0.5, 0.6) is 0 Å². The summed E-state index contributed by atoms with van der Waals surface area (Å²) in [7, 11) is 0. The van der Waals surface area contributed by atoms with Crippen molar-refractivity contribution in [2.75, 3.05) is 19.7 Å². The first-order valence-corrected chi connectivity index (χ1v) is 10.3. The van der Waals surface area contributed by atoms with Crippen LogP contribution in [0, 0.1) is 0 Å². The monoisotopic (exact) mass is 367 g/mol. The minimum absolute atomic E-state index is 0.0930. The number of hydrogen-bond donors (Lipinski definition) is 0. The molecule has 0 radical (unpaired) electrons. The number of rotatable bonds is 4. The smallest absolute Gasteiger partial charge is 0.254 e. The Hall–Kier alpha value is -2.14. The van der Waals surface area contributed by atoms with Crippen molar-refractivity contribution < 1.29 is 9.53 Å². The van der Waals surface area contributed by atoms with E-state index in [2.05, 4.69) is 24.2 Å². The second kappa shape index (κ2) is 8.26. The molecular formula is C22H29N3O2. The summed E-state index contributed by atoms with van der Waals surface area (Å²) >= 11 is 0. The maximum atomic E-state index is 13.0. The van der Waals surface area contributed by atoms with Crippen molar-refractivity contribution in [2.24, 2.45) is 0 Å². The molecule has 1 atom stereocenters. The molecule has 0 N–H and O–H groups in total. The van der Waals surface area contributed by atoms with Crippen LogP contribution in [0.25, 0.3) is 0 Å². The van der Waals surface area contributed by atoms with Gasteiger partial charge in [-0.25, -0.2) is 0 Å². The van der Waals surface area contributed by atoms with Crippen molar-refractivity contribution in [3.8, 4) is 0 Å². The van der Waals surface area contributed by atoms with Gasteiger partial charge in [0.2, 0.25) is 0 Å². The molecule has 1 unspecified atom stereocenters. The van der Waals surface area contributed by atoms with Gasteiger partial charge >= 0.3 is 0 Å². The van der Waals surface area contributed by atoms with Gasteiger partial charge in [-0.15, -0.1) is 0 Å². The largest absolute Gasteiger partial charge is 0.370 e. The number of morpholine rings is 1. The van der Waals surface area contributed by atoms with Crippen molar-refractivity contribution >= 4 is 5.91 Å². The summed E-state index contributed by atoms with van der Waals surface area (Å²) < 4.78 is 7.78. The zero-order valence-corrected chi connectivity index (χ0v) is 16.1. The van der Waals surface area contributed by atoms with E-state index in [4.69, 9.17) is 4.74 Å². The molecule has 1 saturated heterocycles. The molecule has 1 saturated carbocycles. The zero-order chi connectivity index (χ0) is 18.6. The molecule has 1 aromatic carbocycles. The number of nitrogens with zero attached hydrogens (tertiary/aromatic N) is 3. The summed E-state index contributed by atoms with van der Waals surface area (Å²) in [6.07, 6.45) is 10.4. The molecule has 5 heteroatoms. The standard InChI is InChI=1S/C22H29N3O2/c1-2-25-15-20(14-23-25)21-16-24(12-13-27-21)22(26)19-10-8-18(9-11-19)17-6-4-3-5-7-17/h8-11,14-15,17,21H,2-7,12-13,16H2,1H3. The van der Waals surface area contributed by atoms with E-state index in [1.54, 1.807) is 0 Å². The third kappa shape index (κ3) is 4.08. The number of carbonyl (C=O) groups is 1. The lowest BCUT2D eigenvalue weighted by Crippen LogP contribution is -2.42. The first kappa shape index (κ1) is 18.2. The second-order valence-corrected chi connectivity index (χ2v) is 7.70. The van der Waals surface area contributed by atoms with E-state index in [0.29, 0.717) is 25.6 Å². The molecule has 0 bridgehead atoms. The molecule has 144 valence electrons. The summed E-state index contributed by atoms with van der Waals surface area (Å²) in [5.41, 5.74) is 3.21. The first-order chi connectivity index (χ1) is 13.2. The van der Waals surface area contributed by atoms with Crippen LogP contribution in [0.4, 0.5) is 0 Å². The molecule has 2 aliphatic rings. The predicted octanol–water partition coefficient (Wildman–Crippen LogP) is 4.16. The lowest BCUT2D eigenvalue weighted by Gasteiger charge is -2.32. The summed E-state index contributed by atoms with van der Waals surface area (Å²) in [6, 6.07) is 8.33. The fourth-order valence-electron chi connectivity index (χ4n) is 4.27. The molecule has 0 spiro atoms. The average molecular weight is 367 g/mol. The van der Waals surface area contributed by atoms with Gasteiger partial charge < -0.3 is 9.64 Å². The third-order valence-corrected chi connectivity index (χ3v) is 5.94. The van der Waals surface area contributed by atoms with E-state index >= 15 is 0 Å². The Bertz CT molecular complexity index is 762. The van der Waals surface area contributed by atoms with Crippen LogP contribution in [0.1, 0.15) is 72.5 Å². The Kier molecular flexibility index (Phi) is 5.58. The van der Waals surface area contributed by atoms with Gasteiger partial charge in [0.25, 0.3) is 5.91 Å². The van der Waals surface area contributed by atoms with Crippen molar-refractivity contribution in [3.63, 3.8) is 0 Å². The number of aryl methyl sites for hydroxylation is 1. The highest BCUT2D eigenvalue weighted by Crippen LogP contribution is 2.32. The summed E-state index contributed by atoms with van der Waals surface area (Å²) in [6.45, 7) is 4.68. The van der Waals surface area contributed by atoms with Crippen molar-refractivity contribution in [1.29, 1.82) is 0 Å². The Morgan fingerprint density at radius 1 is 1.15 bits per heavy atom. The predicted molar refractivity (Wildman–Crippen MR) is 105 cm³/mol. The van der Waals surface area contributed by atoms with Gasteiger partial charge in [0.15, 0.2) is 0 Å². The van der Waals surface area contributed by atoms with Crippen molar-refractivity contribution in [2.45, 2.75) is 57.6 Å². The fourth-order valence-corrected chi connectivity index (χ4v) is 4.27. The molecule has 27 heavy (non-hydrogen) atoms. The van der Waals surface area contributed by atoms with Crippen LogP contribution in [0.3, 0.4) is 0 Å². The third-order valence-electron chi connectivity index (χ3n) is 5.94. The molecule has 2 aromatic rings. The van der Waals surface area contributed by atoms with Gasteiger partial charge in [-0.05, 0) is 43.4 Å². The Morgan fingerprint density at radius 2 is 1.93 bits per heavy atom. The van der Waals surface area contributed by atoms with Gasteiger partial charge in [0.1, 0.15) is 6.10 Å². The SMILES string of the molecule is CCn1cc(C2CN(C(=O)c3ccc(C4CCCCC4)cc3)CCO2)cn1. The van der Waals surface area contributed by atoms with Gasteiger partial charge in [0.05, 0.1) is 19.3 Å². The first-order valence-electron chi connectivity index (χ1n) is 10.3. The number of amides is 1. The molecule has 1 aliphatic heterocycles. The Labute approximate surface area is 161 Å². The Morgan fingerprint density at radius 3 is 2.63 bits per heavy atom. The zero-order valence-electron chi connectivity index (χ0n) is 16.1. The van der Waals surface area contributed by atoms with Crippen molar-refractivity contribution in [1.82, 2.24) is 14.7 Å². The maximum absolute atomic E-state index is 13.0. The number of ether oxygens (including phenoxy) is 1. The van der Waals surface area contributed by atoms with Gasteiger partial charge in [0, 0.05) is 30.4 Å². The van der Waals surface area contributed by atoms with E-state index < -0.39 is 0 Å². The molecule has 1 aromatic heterocycles. The van der Waals surface area contributed by atoms with E-state index in [-0.39, 0.29) is 12.0 Å². The second-order valence-electron chi connectivity index (χ2n) is 7.70. The number of benzene rings is 1. The summed E-state index contributed by atoms with van der Waals surface area (Å²) in [4.78, 5) is 14.9. The van der Waals surface area contributed by atoms with Crippen LogP contribution in [-0.2, 0) is 11.3 Å². The molecule has 2 heterocycles. The maximum Gasteiger partial charge on any atom is 0.254 e. The highest BCUT2D eigenvalue weighted by atomic mass is 16.5. The van der Waals surface area contributed by atoms with Gasteiger partial charge in [-0.3, -0.25) is 9.48 Å². The highest BCUT2D eigenvalue weighted by Gasteiger charge is 2.27. The Balaban J connectivity index is 1.42. The lowest BCUT2D eigenvalue weighted by atomic mass is 9.84. The van der Waals surface area contributed by atoms with Crippen LogP contribution < -0.4 is 0 Å². The molecule has 2 fully saturated rings. The molecule has 1 aliphatic carbocycles. The molecule has 4 rings (SSSR count). The van der Waals surface area contributed by atoms with E-state index in [0.717, 1.165) is 17.7 Å². The van der Waals surface area contributed by atoms with Gasteiger partial charge in [-0.1, -0.05) is 31.4 Å². The number of hydrogen-bond acceptors (Lipinski definition) is 3. The molecule has 5 nitrogen and oxygen atoms in total. The minimum Gasteiger partial charge on any atom is -0.370 e. The highest BCUT2D eigenvalue weighted by molar-refractivity contribution is 5.94. The fraction of sp³-hybridized carbons (Fsp3) is 0.545. The van der Waals surface area contributed by atoms with Crippen LogP contribution >= 0.6 is 0 Å². The normalized spacial score (nSPS) is 21.4. The minimum atomic E-state index is -0.0930. The molecular weight excluding hydrogens is 338 g/mol. The van der Waals surface area contributed by atoms with E-state index in [1.165, 1.54) is 37.7 Å². The average Bonchev–Trinajstić information content (AvgIpc) is 3.23. The summed E-state index contributed by atoms with van der Waals surface area (Å²) in [5, 5.41) is 4.33. The van der Waals surface area contributed by atoms with Crippen LogP contribution in [0.15, 0.2) is 36.7 Å². The number of carbonyl (C=O) groups excluding carboxylic acids is 1. The lowest BCUT2D eigenvalue weighted by molar-refractivity contribution is -0.0228. The summed E-state index contributed by atoms with van der Waals surface area (Å²) in [5.74, 6) is 0.771. The topological polar surface area (TPSA) is 47.4 Å². The van der Waals surface area contributed by atoms with E-state index in [1.807, 2.05) is 34.1 Å². The van der Waals surface area contributed by atoms with Gasteiger partial charge in [-0.2, -0.15) is 5.10 Å².